The summed E-state index contributed by atoms with van der Waals surface area (Å²) in [7, 11) is -4.12. The first-order chi connectivity index (χ1) is 5.99. The van der Waals surface area contributed by atoms with Crippen molar-refractivity contribution in [2.75, 3.05) is 5.75 Å². The van der Waals surface area contributed by atoms with E-state index in [1.807, 2.05) is 0 Å². The summed E-state index contributed by atoms with van der Waals surface area (Å²) in [5, 5.41) is 9.32. The van der Waals surface area contributed by atoms with Crippen molar-refractivity contribution in [1.29, 1.82) is 0 Å². The topological polar surface area (TPSA) is 74.6 Å². The van der Waals surface area contributed by atoms with Crippen molar-refractivity contribution >= 4 is 10.1 Å². The zero-order valence-corrected chi connectivity index (χ0v) is 10.6. The van der Waals surface area contributed by atoms with E-state index in [1.165, 1.54) is 0 Å². The molecule has 4 nitrogen and oxygen atoms in total. The zero-order chi connectivity index (χ0) is 9.90. The van der Waals surface area contributed by atoms with Gasteiger partial charge in [-0.05, 0) is 5.56 Å². The van der Waals surface area contributed by atoms with E-state index in [2.05, 4.69) is 0 Å². The molecule has 0 radical (unpaired) electrons. The quantitative estimate of drug-likeness (QED) is 0.450. The van der Waals surface area contributed by atoms with E-state index < -0.39 is 22.0 Å². The maximum atomic E-state index is 10.4. The summed E-state index contributed by atoms with van der Waals surface area (Å²) in [5.74, 6) is -0.670. The maximum Gasteiger partial charge on any atom is 1.00 e. The SMILES string of the molecule is O=S(=O)(O)CC(O)c1ccccc1.[H-].[Na+]. The molecule has 6 heteroatoms. The third-order valence-electron chi connectivity index (χ3n) is 1.55. The predicted octanol–water partition coefficient (Wildman–Crippen LogP) is -2.28. The van der Waals surface area contributed by atoms with Gasteiger partial charge in [0.15, 0.2) is 0 Å². The Hall–Kier alpha value is 0.0900. The van der Waals surface area contributed by atoms with Gasteiger partial charge < -0.3 is 6.53 Å². The van der Waals surface area contributed by atoms with E-state index >= 15 is 0 Å². The van der Waals surface area contributed by atoms with Crippen LogP contribution in [0, 0.1) is 0 Å². The van der Waals surface area contributed by atoms with Crippen molar-refractivity contribution in [2.24, 2.45) is 0 Å². The Morgan fingerprint density at radius 2 is 1.79 bits per heavy atom. The second-order valence-corrected chi connectivity index (χ2v) is 4.17. The van der Waals surface area contributed by atoms with Crippen molar-refractivity contribution < 1.29 is 49.1 Å². The van der Waals surface area contributed by atoms with Crippen molar-refractivity contribution in [3.63, 3.8) is 0 Å². The molecule has 1 aromatic carbocycles. The van der Waals surface area contributed by atoms with Crippen LogP contribution in [0.15, 0.2) is 30.3 Å². The van der Waals surface area contributed by atoms with Gasteiger partial charge in [-0.25, -0.2) is 0 Å². The smallest absolute Gasteiger partial charge is 1.00 e. The number of aliphatic hydroxyl groups excluding tert-OH is 1. The van der Waals surface area contributed by atoms with E-state index in [4.69, 9.17) is 4.55 Å². The van der Waals surface area contributed by atoms with Gasteiger partial charge in [-0.1, -0.05) is 30.3 Å². The van der Waals surface area contributed by atoms with Gasteiger partial charge in [-0.15, -0.1) is 0 Å². The number of hydrogen-bond acceptors (Lipinski definition) is 3. The van der Waals surface area contributed by atoms with Crippen LogP contribution in [-0.4, -0.2) is 23.8 Å². The van der Waals surface area contributed by atoms with Crippen molar-refractivity contribution in [2.45, 2.75) is 6.10 Å². The Balaban J connectivity index is 0. The van der Waals surface area contributed by atoms with Crippen LogP contribution in [0.4, 0.5) is 0 Å². The Morgan fingerprint density at radius 1 is 1.29 bits per heavy atom. The fourth-order valence-corrected chi connectivity index (χ4v) is 1.56. The molecule has 74 valence electrons. The molecule has 0 saturated carbocycles. The summed E-state index contributed by atoms with van der Waals surface area (Å²) in [6.07, 6.45) is -1.17. The molecule has 1 unspecified atom stereocenters. The summed E-state index contributed by atoms with van der Waals surface area (Å²) in [6, 6.07) is 8.31. The van der Waals surface area contributed by atoms with Gasteiger partial charge in [0.2, 0.25) is 0 Å². The molecule has 0 heterocycles. The summed E-state index contributed by atoms with van der Waals surface area (Å²) >= 11 is 0. The fourth-order valence-electron chi connectivity index (χ4n) is 0.971. The van der Waals surface area contributed by atoms with Crippen LogP contribution in [0.25, 0.3) is 0 Å². The minimum absolute atomic E-state index is 0. The molecule has 1 aromatic rings. The van der Waals surface area contributed by atoms with Gasteiger partial charge in [-0.2, -0.15) is 8.42 Å². The molecule has 0 bridgehead atoms. The van der Waals surface area contributed by atoms with Crippen LogP contribution in [0.5, 0.6) is 0 Å². The molecular formula is C8H11NaO4S. The first-order valence-corrected chi connectivity index (χ1v) is 5.28. The fraction of sp³-hybridized carbons (Fsp3) is 0.250. The minimum Gasteiger partial charge on any atom is -1.00 e. The van der Waals surface area contributed by atoms with Crippen LogP contribution < -0.4 is 29.6 Å². The Kier molecular flexibility index (Phi) is 5.88. The predicted molar refractivity (Wildman–Crippen MR) is 48.9 cm³/mol. The Morgan fingerprint density at radius 3 is 2.21 bits per heavy atom. The molecule has 0 saturated heterocycles. The summed E-state index contributed by atoms with van der Waals surface area (Å²) in [4.78, 5) is 0. The average molecular weight is 226 g/mol. The average Bonchev–Trinajstić information content (AvgIpc) is 2.03. The molecule has 1 rings (SSSR count). The molecule has 0 aliphatic carbocycles. The monoisotopic (exact) mass is 226 g/mol. The summed E-state index contributed by atoms with van der Waals surface area (Å²) in [5.41, 5.74) is 0.472. The molecule has 0 spiro atoms. The molecular weight excluding hydrogens is 215 g/mol. The van der Waals surface area contributed by atoms with Gasteiger partial charge in [-0.3, -0.25) is 4.55 Å². The van der Waals surface area contributed by atoms with E-state index in [1.54, 1.807) is 30.3 Å². The number of rotatable bonds is 3. The van der Waals surface area contributed by atoms with E-state index in [9.17, 15) is 13.5 Å². The van der Waals surface area contributed by atoms with Gasteiger partial charge in [0, 0.05) is 0 Å². The Labute approximate surface area is 106 Å². The summed E-state index contributed by atoms with van der Waals surface area (Å²) in [6.45, 7) is 0. The normalized spacial score (nSPS) is 13.0. The molecule has 14 heavy (non-hydrogen) atoms. The van der Waals surface area contributed by atoms with E-state index in [0.29, 0.717) is 5.56 Å². The van der Waals surface area contributed by atoms with Crippen LogP contribution in [-0.2, 0) is 10.1 Å². The van der Waals surface area contributed by atoms with Crippen molar-refractivity contribution in [3.05, 3.63) is 35.9 Å². The second-order valence-electron chi connectivity index (χ2n) is 2.68. The number of hydrogen-bond donors (Lipinski definition) is 2. The molecule has 0 fully saturated rings. The first kappa shape index (κ1) is 14.1. The van der Waals surface area contributed by atoms with Crippen LogP contribution in [0.2, 0.25) is 0 Å². The number of benzene rings is 1. The van der Waals surface area contributed by atoms with Gasteiger partial charge in [0.25, 0.3) is 10.1 Å². The van der Waals surface area contributed by atoms with Crippen LogP contribution in [0.3, 0.4) is 0 Å². The summed E-state index contributed by atoms with van der Waals surface area (Å²) < 4.78 is 29.3. The largest absolute Gasteiger partial charge is 1.00 e. The third kappa shape index (κ3) is 5.09. The molecule has 2 N–H and O–H groups in total. The van der Waals surface area contributed by atoms with E-state index in [-0.39, 0.29) is 31.0 Å². The van der Waals surface area contributed by atoms with Crippen LogP contribution >= 0.6 is 0 Å². The zero-order valence-electron chi connectivity index (χ0n) is 8.79. The van der Waals surface area contributed by atoms with Gasteiger partial charge >= 0.3 is 29.6 Å². The Bertz CT molecular complexity index is 367. The van der Waals surface area contributed by atoms with E-state index in [0.717, 1.165) is 0 Å². The molecule has 0 amide bonds. The van der Waals surface area contributed by atoms with Crippen LogP contribution in [0.1, 0.15) is 13.1 Å². The standard InChI is InChI=1S/C8H10O4S.Na.H/c9-8(6-13(10,11)12)7-4-2-1-3-5-7;;/h1-5,8-9H,6H2,(H,10,11,12);;/q;+1;-1. The van der Waals surface area contributed by atoms with Crippen molar-refractivity contribution in [3.8, 4) is 0 Å². The second kappa shape index (κ2) is 5.85. The van der Waals surface area contributed by atoms with Gasteiger partial charge in [0.1, 0.15) is 5.75 Å². The molecule has 0 aromatic heterocycles. The number of aliphatic hydroxyl groups is 1. The maximum absolute atomic E-state index is 10.4. The molecule has 0 aliphatic heterocycles. The first-order valence-electron chi connectivity index (χ1n) is 3.67. The van der Waals surface area contributed by atoms with Crippen molar-refractivity contribution in [1.82, 2.24) is 0 Å². The third-order valence-corrected chi connectivity index (χ3v) is 2.29. The molecule has 0 aliphatic rings. The molecule has 1 atom stereocenters. The minimum atomic E-state index is -4.12. The van der Waals surface area contributed by atoms with Gasteiger partial charge in [0.05, 0.1) is 6.10 Å².